The number of carbonyl (C=O) groups excluding carboxylic acids is 2. The van der Waals surface area contributed by atoms with Gasteiger partial charge in [0.05, 0.1) is 17.0 Å². The van der Waals surface area contributed by atoms with Gasteiger partial charge in [0, 0.05) is 23.7 Å². The third-order valence-corrected chi connectivity index (χ3v) is 7.86. The first-order chi connectivity index (χ1) is 22.1. The van der Waals surface area contributed by atoms with Crippen molar-refractivity contribution < 1.29 is 36.3 Å². The Balaban J connectivity index is 1.60. The molecule has 0 saturated heterocycles. The van der Waals surface area contributed by atoms with E-state index in [1.54, 1.807) is 36.4 Å². The largest absolute Gasteiger partial charge is 0.479 e. The normalized spacial score (nSPS) is 13.5. The molecule has 11 heteroatoms. The summed E-state index contributed by atoms with van der Waals surface area (Å²) in [6, 6.07) is 25.1. The van der Waals surface area contributed by atoms with E-state index < -0.39 is 40.6 Å². The lowest BCUT2D eigenvalue weighted by Gasteiger charge is -2.23. The van der Waals surface area contributed by atoms with E-state index >= 15 is 0 Å². The van der Waals surface area contributed by atoms with Gasteiger partial charge in [0.1, 0.15) is 5.75 Å². The first-order valence-electron chi connectivity index (χ1n) is 14.6. The fraction of sp³-hybridized carbons (Fsp3) is 0.222. The van der Waals surface area contributed by atoms with E-state index in [0.29, 0.717) is 28.0 Å². The minimum absolute atomic E-state index is 0.0371. The van der Waals surface area contributed by atoms with Crippen molar-refractivity contribution in [2.75, 3.05) is 12.3 Å². The molecule has 2 unspecified atom stereocenters. The second-order valence-corrected chi connectivity index (χ2v) is 12.9. The van der Waals surface area contributed by atoms with Crippen LogP contribution < -0.4 is 15.8 Å². The van der Waals surface area contributed by atoms with E-state index in [1.165, 1.54) is 30.3 Å². The number of ether oxygens (including phenoxy) is 1. The molecule has 0 aliphatic heterocycles. The second-order valence-electron chi connectivity index (χ2n) is 11.8. The number of hydrogen-bond acceptors (Lipinski definition) is 5. The van der Waals surface area contributed by atoms with Gasteiger partial charge in [-0.25, -0.2) is 4.21 Å². The molecule has 47 heavy (non-hydrogen) atoms. The zero-order valence-corrected chi connectivity index (χ0v) is 26.8. The summed E-state index contributed by atoms with van der Waals surface area (Å²) in [6.07, 6.45) is -4.07. The van der Waals surface area contributed by atoms with E-state index in [2.05, 4.69) is 26.1 Å². The summed E-state index contributed by atoms with van der Waals surface area (Å²) in [6.45, 7) is 6.30. The number of ketones is 1. The fourth-order valence-electron chi connectivity index (χ4n) is 4.68. The van der Waals surface area contributed by atoms with Crippen LogP contribution in [0, 0.1) is 0 Å². The molecule has 0 aliphatic carbocycles. The van der Waals surface area contributed by atoms with Gasteiger partial charge in [0.25, 0.3) is 5.91 Å². The van der Waals surface area contributed by atoms with Crippen molar-refractivity contribution in [2.24, 2.45) is 5.73 Å². The molecule has 4 aromatic carbocycles. The highest BCUT2D eigenvalue weighted by Gasteiger charge is 2.30. The van der Waals surface area contributed by atoms with Crippen LogP contribution in [0.5, 0.6) is 5.75 Å². The van der Waals surface area contributed by atoms with Crippen molar-refractivity contribution >= 4 is 22.8 Å². The Kier molecular flexibility index (Phi) is 11.0. The number of nitrogens with two attached hydrogens (primary N) is 1. The summed E-state index contributed by atoms with van der Waals surface area (Å²) in [5.41, 5.74) is 9.21. The molecule has 7 nitrogen and oxygen atoms in total. The highest BCUT2D eigenvalue weighted by atomic mass is 32.2. The number of benzene rings is 4. The van der Waals surface area contributed by atoms with E-state index in [-0.39, 0.29) is 29.0 Å². The van der Waals surface area contributed by atoms with Gasteiger partial charge < -0.3 is 20.3 Å². The summed E-state index contributed by atoms with van der Waals surface area (Å²) >= 11 is -2.02. The van der Waals surface area contributed by atoms with Crippen molar-refractivity contribution in [3.05, 3.63) is 137 Å². The molecule has 2 atom stereocenters. The smallest absolute Gasteiger partial charge is 0.416 e. The molecule has 4 N–H and O–H groups in total. The quantitative estimate of drug-likeness (QED) is 0.0870. The lowest BCUT2D eigenvalue weighted by Crippen LogP contribution is -2.27. The number of allylic oxidation sites excluding steroid dienone is 1. The van der Waals surface area contributed by atoms with Gasteiger partial charge >= 0.3 is 6.18 Å². The predicted octanol–water partition coefficient (Wildman–Crippen LogP) is 7.47. The lowest BCUT2D eigenvalue weighted by atomic mass is 9.86. The Labute approximate surface area is 273 Å². The fourth-order valence-corrected chi connectivity index (χ4v) is 4.95. The monoisotopic (exact) mass is 664 g/mol. The topological polar surface area (TPSA) is 119 Å². The molecule has 4 rings (SSSR count). The summed E-state index contributed by atoms with van der Waals surface area (Å²) in [4.78, 5) is 25.8. The van der Waals surface area contributed by atoms with Crippen LogP contribution in [0.2, 0.25) is 0 Å². The summed E-state index contributed by atoms with van der Waals surface area (Å²) in [7, 11) is 0. The summed E-state index contributed by atoms with van der Waals surface area (Å²) in [5, 5.41) is 2.57. The molecule has 4 aromatic rings. The highest BCUT2D eigenvalue weighted by molar-refractivity contribution is 7.79. The molecule has 0 fully saturated rings. The Morgan fingerprint density at radius 2 is 1.49 bits per heavy atom. The molecule has 0 radical (unpaired) electrons. The molecule has 0 aliphatic rings. The third kappa shape index (κ3) is 9.63. The Morgan fingerprint density at radius 3 is 2.06 bits per heavy atom. The van der Waals surface area contributed by atoms with Crippen LogP contribution in [-0.4, -0.2) is 32.7 Å². The molecule has 0 heterocycles. The van der Waals surface area contributed by atoms with Crippen molar-refractivity contribution in [3.8, 4) is 16.9 Å². The van der Waals surface area contributed by atoms with Gasteiger partial charge in [-0.2, -0.15) is 13.2 Å². The Hall–Kier alpha value is -4.74. The predicted molar refractivity (Wildman–Crippen MR) is 176 cm³/mol. The van der Waals surface area contributed by atoms with Gasteiger partial charge in [-0.15, -0.1) is 0 Å². The van der Waals surface area contributed by atoms with Gasteiger partial charge in [0.15, 0.2) is 23.0 Å². The summed E-state index contributed by atoms with van der Waals surface area (Å²) in [5.74, 6) is -0.561. The number of rotatable bonds is 11. The SMILES string of the molecule is CC(C)(C)c1ccc(C(Oc2ccc(C(=O)NCCS(=O)O)cc2)C(N)=CC(=O)c2cccc(-c3ccc(C(F)(F)F)cc3)c2)cc1. The zero-order valence-electron chi connectivity index (χ0n) is 26.0. The first-order valence-corrected chi connectivity index (χ1v) is 15.9. The molecular weight excluding hydrogens is 629 g/mol. The first kappa shape index (κ1) is 35.1. The molecule has 0 aromatic heterocycles. The van der Waals surface area contributed by atoms with Crippen LogP contribution in [0.3, 0.4) is 0 Å². The van der Waals surface area contributed by atoms with E-state index in [1.807, 2.05) is 24.3 Å². The molecule has 0 spiro atoms. The Bertz CT molecular complexity index is 1760. The maximum Gasteiger partial charge on any atom is 0.416 e. The molecule has 1 amide bonds. The van der Waals surface area contributed by atoms with Crippen LogP contribution in [0.25, 0.3) is 11.1 Å². The number of alkyl halides is 3. The molecular formula is C36H35F3N2O5S. The third-order valence-electron chi connectivity index (χ3n) is 7.31. The zero-order chi connectivity index (χ0) is 34.4. The maximum absolute atomic E-state index is 13.4. The molecule has 0 saturated carbocycles. The van der Waals surface area contributed by atoms with Gasteiger partial charge in [0.2, 0.25) is 0 Å². The van der Waals surface area contributed by atoms with Crippen LogP contribution in [0.15, 0.2) is 109 Å². The van der Waals surface area contributed by atoms with Gasteiger partial charge in [-0.05, 0) is 70.1 Å². The Morgan fingerprint density at radius 1 is 0.872 bits per heavy atom. The average molecular weight is 665 g/mol. The van der Waals surface area contributed by atoms with Gasteiger partial charge in [-0.1, -0.05) is 75.4 Å². The van der Waals surface area contributed by atoms with Crippen molar-refractivity contribution in [2.45, 2.75) is 38.5 Å². The lowest BCUT2D eigenvalue weighted by molar-refractivity contribution is -0.137. The van der Waals surface area contributed by atoms with Crippen molar-refractivity contribution in [1.29, 1.82) is 0 Å². The molecule has 0 bridgehead atoms. The minimum Gasteiger partial charge on any atom is -0.479 e. The average Bonchev–Trinajstić information content (AvgIpc) is 3.03. The van der Waals surface area contributed by atoms with Crippen LogP contribution in [0.4, 0.5) is 13.2 Å². The van der Waals surface area contributed by atoms with Crippen molar-refractivity contribution in [1.82, 2.24) is 5.32 Å². The van der Waals surface area contributed by atoms with E-state index in [4.69, 9.17) is 15.0 Å². The number of carbonyl (C=O) groups is 2. The standard InChI is InChI=1S/C36H35F3N2O5S/c1-35(2,3)28-13-9-24(10-14-28)33(46-30-17-11-25(12-18-30)34(43)41-19-20-47(44)45)31(40)22-32(42)27-6-4-5-26(21-27)23-7-15-29(16-8-23)36(37,38)39/h4-18,21-22,33H,19-20,40H2,1-3H3,(H,41,43)(H,44,45). The molecule has 246 valence electrons. The highest BCUT2D eigenvalue weighted by Crippen LogP contribution is 2.32. The number of amides is 1. The summed E-state index contributed by atoms with van der Waals surface area (Å²) < 4.78 is 65.1. The van der Waals surface area contributed by atoms with Gasteiger partial charge in [-0.3, -0.25) is 9.59 Å². The van der Waals surface area contributed by atoms with Crippen molar-refractivity contribution in [3.63, 3.8) is 0 Å². The number of hydrogen-bond donors (Lipinski definition) is 3. The van der Waals surface area contributed by atoms with Crippen LogP contribution in [0.1, 0.15) is 64.3 Å². The van der Waals surface area contributed by atoms with E-state index in [0.717, 1.165) is 17.7 Å². The number of halogens is 3. The van der Waals surface area contributed by atoms with Crippen LogP contribution >= 0.6 is 0 Å². The van der Waals surface area contributed by atoms with E-state index in [9.17, 15) is 27.0 Å². The second kappa shape index (κ2) is 14.8. The van der Waals surface area contributed by atoms with Crippen LogP contribution in [-0.2, 0) is 22.7 Å². The maximum atomic E-state index is 13.4. The minimum atomic E-state index is -4.45. The number of nitrogens with one attached hydrogen (secondary N) is 1.